The number of aromatic nitrogens is 6. The Hall–Kier alpha value is -7.73. The molecule has 0 aliphatic carbocycles. The number of nitrogens with one attached hydrogen (secondary N) is 3. The van der Waals surface area contributed by atoms with Crippen molar-refractivity contribution in [2.45, 2.75) is 147 Å². The van der Waals surface area contributed by atoms with Gasteiger partial charge in [-0.2, -0.15) is 15.0 Å². The van der Waals surface area contributed by atoms with Crippen LogP contribution >= 0.6 is 35.5 Å². The minimum absolute atomic E-state index is 0.0234. The molecule has 6 heterocycles. The second-order valence-corrected chi connectivity index (χ2v) is 29.5. The maximum atomic E-state index is 16.4. The average Bonchev–Trinajstić information content (AvgIpc) is 1.62. The standard InChI is InChI=1S/C28H37FN5O7P.C23H26FN4O8P.C11H16ClFN3O6P/c1-18(2)34(19(3)4)42(38-16-14-30-7)39-17-22-24(40-20(5)35)28(6,29)26(41-22)33-15-13-23(32-27(33)37)31-25(36)21-11-9-8-10-12-21;1-15(29)35-19-17(14-34-37(4,32)33-13-11-25-3)36-21(23(19,2)24)28-12-10-18(27-22(28)31)26-20(30)16-8-6-5-7-9-16;1-11(13)8(17)6(5-21-23(2,19)20)22-9(11)16-4-3-7(15-12)14-10(16)18/h8-13,15,18-19,22,24,26H,14,16-17H2,1-6H3,(H,31,32,36,37);5-10,12,17,19,21H,11,13-14H2,1-2,4H3,(H,26,27,30,31);3-4,6,8-9,17H,5H2,1-2H3,(H,19,20)(H,14,15,18). The van der Waals surface area contributed by atoms with Crippen LogP contribution in [-0.2, 0) is 65.0 Å². The van der Waals surface area contributed by atoms with Crippen LogP contribution in [0.5, 0.6) is 0 Å². The molecule has 2 amide bonds. The molecule has 102 heavy (non-hydrogen) atoms. The Balaban J connectivity index is 0.000000250. The first-order valence-corrected chi connectivity index (χ1v) is 36.6. The summed E-state index contributed by atoms with van der Waals surface area (Å²) < 4.78 is 130. The molecule has 5 aromatic rings. The molecule has 40 heteroatoms. The SMILES string of the molecule is CC1(F)C(O)C(COP(C)(=O)O)OC1n1ccc(NCl)nc1=O.[C-]#[N+]CCOP(C)(=O)OCC1OC(n2ccc(NC(=O)c3ccccc3)nc2=O)C(C)(F)C1OC(C)=O.[C-]#[N+]CCOP(OCC1OC(n2ccc(NC(=O)c3ccccc3)nc2=O)C(C)(F)C1OC(C)=O)N(C(C)C)C(C)C. The number of rotatable bonds is 28. The number of nitrogens with zero attached hydrogens (tertiary/aromatic N) is 9. The van der Waals surface area contributed by atoms with Crippen LogP contribution in [0.1, 0.15) is 102 Å². The van der Waals surface area contributed by atoms with Crippen LogP contribution in [0, 0.1) is 13.1 Å². The molecule has 15 unspecified atom stereocenters. The lowest BCUT2D eigenvalue weighted by atomic mass is 9.98. The molecule has 3 aliphatic heterocycles. The van der Waals surface area contributed by atoms with Crippen LogP contribution in [-0.4, -0.2) is 192 Å². The van der Waals surface area contributed by atoms with Crippen LogP contribution in [0.3, 0.4) is 0 Å². The Morgan fingerprint density at radius 3 is 1.42 bits per heavy atom. The van der Waals surface area contributed by atoms with Gasteiger partial charge in [0.25, 0.3) is 20.3 Å². The lowest BCUT2D eigenvalue weighted by Crippen LogP contribution is -2.45. The van der Waals surface area contributed by atoms with Gasteiger partial charge in [0.1, 0.15) is 55.1 Å². The van der Waals surface area contributed by atoms with E-state index in [1.54, 1.807) is 60.7 Å². The highest BCUT2D eigenvalue weighted by molar-refractivity contribution is 7.53. The van der Waals surface area contributed by atoms with Crippen LogP contribution in [0.4, 0.5) is 30.6 Å². The van der Waals surface area contributed by atoms with Crippen molar-refractivity contribution >= 4 is 76.7 Å². The Kier molecular flexibility index (Phi) is 29.9. The number of hydrogen-bond acceptors (Lipinski definition) is 25. The van der Waals surface area contributed by atoms with E-state index in [4.69, 9.17) is 71.6 Å². The fraction of sp³-hybridized carbons (Fsp3) is 0.516. The van der Waals surface area contributed by atoms with Crippen molar-refractivity contribution < 1.29 is 97.8 Å². The molecular weight excluding hydrogens is 1430 g/mol. The number of hydrogen-bond donors (Lipinski definition) is 5. The predicted octanol–water partition coefficient (Wildman–Crippen LogP) is 7.81. The third kappa shape index (κ3) is 22.4. The topological polar surface area (TPSA) is 388 Å². The van der Waals surface area contributed by atoms with E-state index >= 15 is 8.78 Å². The van der Waals surface area contributed by atoms with E-state index in [-0.39, 0.29) is 62.4 Å². The van der Waals surface area contributed by atoms with Gasteiger partial charge in [0.2, 0.25) is 13.1 Å². The molecule has 0 bridgehead atoms. The van der Waals surface area contributed by atoms with Gasteiger partial charge in [-0.05, 0) is 90.9 Å². The molecule has 3 saturated heterocycles. The second-order valence-electron chi connectivity index (χ2n) is 24.0. The monoisotopic (exact) mass is 1510 g/mol. The van der Waals surface area contributed by atoms with Gasteiger partial charge in [-0.15, -0.1) is 0 Å². The summed E-state index contributed by atoms with van der Waals surface area (Å²) in [5.74, 6) is -2.51. The van der Waals surface area contributed by atoms with E-state index in [1.165, 1.54) is 50.4 Å². The highest BCUT2D eigenvalue weighted by Gasteiger charge is 2.60. The summed E-state index contributed by atoms with van der Waals surface area (Å²) in [6.07, 6.45) is -9.15. The first kappa shape index (κ1) is 83.2. The number of alkyl halides is 3. The molecule has 0 radical (unpaired) electrons. The lowest BCUT2D eigenvalue weighted by molar-refractivity contribution is -0.156. The molecule has 8 rings (SSSR count). The third-order valence-electron chi connectivity index (χ3n) is 15.0. The lowest BCUT2D eigenvalue weighted by Gasteiger charge is -2.36. The smallest absolute Gasteiger partial charge is 0.351 e. The van der Waals surface area contributed by atoms with Crippen molar-refractivity contribution in [2.24, 2.45) is 0 Å². The first-order valence-electron chi connectivity index (χ1n) is 31.1. The van der Waals surface area contributed by atoms with Gasteiger partial charge >= 0.3 is 44.2 Å². The zero-order valence-corrected chi connectivity index (χ0v) is 60.5. The predicted molar refractivity (Wildman–Crippen MR) is 362 cm³/mol. The fourth-order valence-corrected chi connectivity index (χ4v) is 13.5. The Bertz CT molecular complexity index is 4070. The van der Waals surface area contributed by atoms with Gasteiger partial charge < -0.3 is 76.6 Å². The van der Waals surface area contributed by atoms with Crippen LogP contribution in [0.2, 0.25) is 0 Å². The Morgan fingerprint density at radius 2 is 1.02 bits per heavy atom. The minimum Gasteiger partial charge on any atom is -0.456 e. The maximum Gasteiger partial charge on any atom is 0.351 e. The molecule has 33 nitrogen and oxygen atoms in total. The largest absolute Gasteiger partial charge is 0.456 e. The van der Waals surface area contributed by atoms with Crippen LogP contribution in [0.15, 0.2) is 112 Å². The van der Waals surface area contributed by atoms with Crippen molar-refractivity contribution in [3.05, 3.63) is 163 Å². The molecule has 3 fully saturated rings. The number of carbonyl (C=O) groups is 4. The van der Waals surface area contributed by atoms with E-state index in [9.17, 15) is 52.2 Å². The molecule has 15 atom stereocenters. The van der Waals surface area contributed by atoms with Crippen molar-refractivity contribution in [1.82, 2.24) is 33.3 Å². The van der Waals surface area contributed by atoms with E-state index in [1.807, 2.05) is 32.4 Å². The van der Waals surface area contributed by atoms with Gasteiger partial charge in [-0.1, -0.05) is 36.4 Å². The summed E-state index contributed by atoms with van der Waals surface area (Å²) in [6.45, 7) is 28.3. The zero-order valence-electron chi connectivity index (χ0n) is 57.1. The first-order chi connectivity index (χ1) is 47.9. The second kappa shape index (κ2) is 36.6. The summed E-state index contributed by atoms with van der Waals surface area (Å²) in [4.78, 5) is 115. The van der Waals surface area contributed by atoms with Crippen molar-refractivity contribution in [3.63, 3.8) is 0 Å². The molecule has 0 spiro atoms. The molecule has 2 aromatic carbocycles. The summed E-state index contributed by atoms with van der Waals surface area (Å²) >= 11 is 5.32. The number of aliphatic hydroxyl groups is 1. The van der Waals surface area contributed by atoms with Gasteiger partial charge in [0.05, 0.1) is 19.8 Å². The minimum atomic E-state index is -3.82. The van der Waals surface area contributed by atoms with Crippen molar-refractivity contribution in [3.8, 4) is 0 Å². The Labute approximate surface area is 590 Å². The number of esters is 2. The number of carbonyl (C=O) groups excluding carboxylic acids is 4. The van der Waals surface area contributed by atoms with Crippen molar-refractivity contribution in [1.29, 1.82) is 0 Å². The van der Waals surface area contributed by atoms with Crippen molar-refractivity contribution in [2.75, 3.05) is 74.9 Å². The quantitative estimate of drug-likeness (QED) is 0.0105. The average molecular weight is 1510 g/mol. The van der Waals surface area contributed by atoms with E-state index in [2.05, 4.69) is 44.6 Å². The van der Waals surface area contributed by atoms with Gasteiger partial charge in [0, 0.05) is 80.8 Å². The van der Waals surface area contributed by atoms with E-state index in [0.717, 1.165) is 48.1 Å². The normalized spacial score (nSPS) is 25.8. The summed E-state index contributed by atoms with van der Waals surface area (Å²) in [5.41, 5.74) is -9.07. The van der Waals surface area contributed by atoms with Gasteiger partial charge in [-0.25, -0.2) is 45.4 Å². The number of amides is 2. The van der Waals surface area contributed by atoms with Crippen LogP contribution in [0.25, 0.3) is 9.69 Å². The highest BCUT2D eigenvalue weighted by Crippen LogP contribution is 2.51. The van der Waals surface area contributed by atoms with E-state index < -0.39 is 150 Å². The van der Waals surface area contributed by atoms with E-state index in [0.29, 0.717) is 11.1 Å². The Morgan fingerprint density at radius 1 is 0.627 bits per heavy atom. The summed E-state index contributed by atoms with van der Waals surface area (Å²) in [5, 5.41) is 15.0. The molecule has 3 aromatic heterocycles. The maximum absolute atomic E-state index is 16.4. The highest BCUT2D eigenvalue weighted by atomic mass is 35.5. The number of benzene rings is 2. The molecule has 0 saturated carbocycles. The summed E-state index contributed by atoms with van der Waals surface area (Å²) in [6, 6.07) is 20.7. The number of halogens is 4. The number of aliphatic hydroxyl groups excluding tert-OH is 1. The fourth-order valence-electron chi connectivity index (χ4n) is 10.4. The van der Waals surface area contributed by atoms with Crippen LogP contribution < -0.4 is 32.5 Å². The molecule has 556 valence electrons. The molecule has 3 aliphatic rings. The zero-order chi connectivity index (χ0) is 75.7. The number of anilines is 3. The third-order valence-corrected chi connectivity index (χ3v) is 19.2. The van der Waals surface area contributed by atoms with Gasteiger partial charge in [0.15, 0.2) is 47.9 Å². The van der Waals surface area contributed by atoms with Gasteiger partial charge in [-0.3, -0.25) is 46.8 Å². The number of ether oxygens (including phenoxy) is 5. The summed E-state index contributed by atoms with van der Waals surface area (Å²) in [7, 11) is -9.13. The molecule has 5 N–H and O–H groups in total. The molecular formula is C62H79ClF3N12O21P3.